The van der Waals surface area contributed by atoms with Gasteiger partial charge in [-0.15, -0.1) is 0 Å². The van der Waals surface area contributed by atoms with Gasteiger partial charge in [0.15, 0.2) is 6.61 Å². The Morgan fingerprint density at radius 1 is 1.40 bits per heavy atom. The molecule has 0 atom stereocenters. The van der Waals surface area contributed by atoms with Crippen LogP contribution in [0.4, 0.5) is 0 Å². The van der Waals surface area contributed by atoms with Gasteiger partial charge in [0.05, 0.1) is 12.2 Å². The quantitative estimate of drug-likeness (QED) is 0.608. The van der Waals surface area contributed by atoms with Crippen LogP contribution < -0.4 is 4.74 Å². The number of hydrogen-bond acceptors (Lipinski definition) is 6. The minimum Gasteiger partial charge on any atom is -0.493 e. The predicted octanol–water partition coefficient (Wildman–Crippen LogP) is 2.09. The van der Waals surface area contributed by atoms with Gasteiger partial charge < -0.3 is 14.6 Å². The summed E-state index contributed by atoms with van der Waals surface area (Å²) in [5, 5.41) is 9.75. The Balaban J connectivity index is 1.93. The highest BCUT2D eigenvalue weighted by Crippen LogP contribution is 2.40. The van der Waals surface area contributed by atoms with E-state index in [2.05, 4.69) is 9.97 Å². The highest BCUT2D eigenvalue weighted by atomic mass is 16.6. The average molecular weight is 280 g/mol. The van der Waals surface area contributed by atoms with E-state index in [1.807, 2.05) is 6.92 Å². The van der Waals surface area contributed by atoms with E-state index in [0.717, 1.165) is 25.7 Å². The Kier molecular flexibility index (Phi) is 4.76. The lowest BCUT2D eigenvalue weighted by molar-refractivity contribution is -0.146. The lowest BCUT2D eigenvalue weighted by Gasteiger charge is -2.10. The zero-order chi connectivity index (χ0) is 14.5. The van der Waals surface area contributed by atoms with Gasteiger partial charge in [-0.1, -0.05) is 13.3 Å². The first kappa shape index (κ1) is 14.6. The molecule has 6 heteroatoms. The zero-order valence-corrected chi connectivity index (χ0v) is 11.9. The number of aromatic nitrogens is 2. The molecule has 20 heavy (non-hydrogen) atoms. The van der Waals surface area contributed by atoms with E-state index in [1.54, 1.807) is 6.92 Å². The van der Waals surface area contributed by atoms with E-state index in [9.17, 15) is 9.90 Å². The van der Waals surface area contributed by atoms with Crippen molar-refractivity contribution in [3.63, 3.8) is 0 Å². The van der Waals surface area contributed by atoms with E-state index in [4.69, 9.17) is 9.47 Å². The number of hydrogen-bond donors (Lipinski definition) is 1. The van der Waals surface area contributed by atoms with Crippen molar-refractivity contribution in [1.29, 1.82) is 0 Å². The summed E-state index contributed by atoms with van der Waals surface area (Å²) < 4.78 is 10.3. The third-order valence-corrected chi connectivity index (χ3v) is 3.12. The molecule has 0 aromatic carbocycles. The van der Waals surface area contributed by atoms with Crippen molar-refractivity contribution in [1.82, 2.24) is 9.97 Å². The maximum atomic E-state index is 11.5. The Morgan fingerprint density at radius 2 is 2.15 bits per heavy atom. The highest BCUT2D eigenvalue weighted by molar-refractivity contribution is 5.71. The minimum absolute atomic E-state index is 0.0868. The molecule has 0 aliphatic heterocycles. The van der Waals surface area contributed by atoms with Crippen LogP contribution in [0.5, 0.6) is 11.8 Å². The molecule has 6 nitrogen and oxygen atoms in total. The maximum Gasteiger partial charge on any atom is 0.344 e. The molecule has 110 valence electrons. The molecule has 0 bridgehead atoms. The Morgan fingerprint density at radius 3 is 2.80 bits per heavy atom. The topological polar surface area (TPSA) is 81.5 Å². The molecule has 0 radical (unpaired) electrons. The third-order valence-electron chi connectivity index (χ3n) is 3.12. The van der Waals surface area contributed by atoms with E-state index in [0.29, 0.717) is 23.9 Å². The largest absolute Gasteiger partial charge is 0.493 e. The van der Waals surface area contributed by atoms with Crippen molar-refractivity contribution in [2.45, 2.75) is 45.4 Å². The summed E-state index contributed by atoms with van der Waals surface area (Å²) in [6.07, 6.45) is 3.87. The van der Waals surface area contributed by atoms with Crippen molar-refractivity contribution in [2.75, 3.05) is 13.2 Å². The second kappa shape index (κ2) is 6.54. The molecule has 0 spiro atoms. The van der Waals surface area contributed by atoms with Gasteiger partial charge in [-0.3, -0.25) is 0 Å². The fourth-order valence-corrected chi connectivity index (χ4v) is 1.66. The number of esters is 1. The first-order valence-electron chi connectivity index (χ1n) is 6.97. The molecule has 1 heterocycles. The van der Waals surface area contributed by atoms with Crippen LogP contribution in [0.3, 0.4) is 0 Å². The van der Waals surface area contributed by atoms with Gasteiger partial charge in [0, 0.05) is 5.92 Å². The Hall–Kier alpha value is -1.85. The van der Waals surface area contributed by atoms with E-state index in [1.165, 1.54) is 0 Å². The monoisotopic (exact) mass is 280 g/mol. The van der Waals surface area contributed by atoms with Gasteiger partial charge in [0.1, 0.15) is 5.82 Å². The van der Waals surface area contributed by atoms with Crippen LogP contribution in [0.2, 0.25) is 0 Å². The molecule has 1 N–H and O–H groups in total. The fourth-order valence-electron chi connectivity index (χ4n) is 1.66. The molecule has 2 rings (SSSR count). The van der Waals surface area contributed by atoms with Crippen molar-refractivity contribution < 1.29 is 19.4 Å². The SMILES string of the molecule is CCCCOC(=O)COc1nc(C2CC2)nc(O)c1C. The molecule has 0 saturated heterocycles. The normalized spacial score (nSPS) is 14.1. The smallest absolute Gasteiger partial charge is 0.344 e. The molecule has 0 unspecified atom stereocenters. The van der Waals surface area contributed by atoms with E-state index >= 15 is 0 Å². The molecule has 0 amide bonds. The number of ether oxygens (including phenoxy) is 2. The highest BCUT2D eigenvalue weighted by Gasteiger charge is 2.28. The van der Waals surface area contributed by atoms with Crippen molar-refractivity contribution in [2.24, 2.45) is 0 Å². The maximum absolute atomic E-state index is 11.5. The van der Waals surface area contributed by atoms with Gasteiger partial charge in [-0.25, -0.2) is 4.79 Å². The number of rotatable bonds is 7. The van der Waals surface area contributed by atoms with Gasteiger partial charge >= 0.3 is 5.97 Å². The van der Waals surface area contributed by atoms with E-state index < -0.39 is 5.97 Å². The first-order chi connectivity index (χ1) is 9.61. The van der Waals surface area contributed by atoms with Gasteiger partial charge in [0.25, 0.3) is 0 Å². The Bertz CT molecular complexity index is 486. The predicted molar refractivity (Wildman–Crippen MR) is 71.8 cm³/mol. The summed E-state index contributed by atoms with van der Waals surface area (Å²) in [6, 6.07) is 0. The number of nitrogens with zero attached hydrogens (tertiary/aromatic N) is 2. The van der Waals surface area contributed by atoms with Crippen LogP contribution in [-0.2, 0) is 9.53 Å². The minimum atomic E-state index is -0.427. The summed E-state index contributed by atoms with van der Waals surface area (Å²) >= 11 is 0. The first-order valence-corrected chi connectivity index (χ1v) is 6.97. The van der Waals surface area contributed by atoms with Crippen LogP contribution in [0, 0.1) is 6.92 Å². The lowest BCUT2D eigenvalue weighted by Crippen LogP contribution is -2.16. The number of aromatic hydroxyl groups is 1. The molecular weight excluding hydrogens is 260 g/mol. The van der Waals surface area contributed by atoms with Crippen LogP contribution in [0.15, 0.2) is 0 Å². The van der Waals surface area contributed by atoms with Crippen LogP contribution >= 0.6 is 0 Å². The number of carbonyl (C=O) groups excluding carboxylic acids is 1. The summed E-state index contributed by atoms with van der Waals surface area (Å²) in [6.45, 7) is 3.88. The van der Waals surface area contributed by atoms with Crippen molar-refractivity contribution in [3.05, 3.63) is 11.4 Å². The number of carbonyl (C=O) groups is 1. The molecule has 1 aromatic heterocycles. The summed E-state index contributed by atoms with van der Waals surface area (Å²) in [7, 11) is 0. The number of unbranched alkanes of at least 4 members (excludes halogenated alkanes) is 1. The summed E-state index contributed by atoms with van der Waals surface area (Å²) in [5.41, 5.74) is 0.441. The molecule has 1 aliphatic carbocycles. The van der Waals surface area contributed by atoms with Gasteiger partial charge in [0.2, 0.25) is 11.8 Å². The van der Waals surface area contributed by atoms with Crippen LogP contribution in [-0.4, -0.2) is 34.3 Å². The fraction of sp³-hybridized carbons (Fsp3) is 0.643. The molecule has 1 aromatic rings. The molecule has 1 fully saturated rings. The standard InChI is InChI=1S/C14H20N2O4/c1-3-4-7-19-11(17)8-20-14-9(2)13(18)15-12(16-14)10-5-6-10/h10H,3-8H2,1-2H3,(H,15,16,18). The summed E-state index contributed by atoms with van der Waals surface area (Å²) in [5.74, 6) is 0.634. The lowest BCUT2D eigenvalue weighted by atomic mass is 10.3. The Labute approximate surface area is 118 Å². The second-order valence-electron chi connectivity index (χ2n) is 4.97. The van der Waals surface area contributed by atoms with Crippen molar-refractivity contribution in [3.8, 4) is 11.8 Å². The van der Waals surface area contributed by atoms with Crippen LogP contribution in [0.25, 0.3) is 0 Å². The van der Waals surface area contributed by atoms with Gasteiger partial charge in [-0.05, 0) is 26.2 Å². The van der Waals surface area contributed by atoms with Crippen LogP contribution in [0.1, 0.15) is 49.9 Å². The molecule has 1 aliphatic rings. The van der Waals surface area contributed by atoms with Gasteiger partial charge in [-0.2, -0.15) is 9.97 Å². The third kappa shape index (κ3) is 3.82. The zero-order valence-electron chi connectivity index (χ0n) is 11.9. The summed E-state index contributed by atoms with van der Waals surface area (Å²) in [4.78, 5) is 19.8. The average Bonchev–Trinajstić information content (AvgIpc) is 3.25. The van der Waals surface area contributed by atoms with Crippen molar-refractivity contribution >= 4 is 5.97 Å². The molecule has 1 saturated carbocycles. The second-order valence-corrected chi connectivity index (χ2v) is 4.97. The van der Waals surface area contributed by atoms with E-state index in [-0.39, 0.29) is 18.4 Å². The molecular formula is C14H20N2O4.